The number of aliphatic hydroxyl groups excluding tert-OH is 1. The summed E-state index contributed by atoms with van der Waals surface area (Å²) in [6.45, 7) is 3.65. The number of rotatable bonds is 21. The number of hydrogen-bond acceptors (Lipinski definition) is 7. The van der Waals surface area contributed by atoms with E-state index in [-0.39, 0.29) is 25.4 Å². The number of aliphatic hydroxyl groups is 1. The summed E-state index contributed by atoms with van der Waals surface area (Å²) in [6.07, 6.45) is 14.2. The van der Waals surface area contributed by atoms with Gasteiger partial charge in [0.1, 0.15) is 12.1 Å². The van der Waals surface area contributed by atoms with Gasteiger partial charge >= 0.3 is 17.9 Å². The molecule has 8 heteroatoms. The molecule has 2 N–H and O–H groups in total. The molecule has 0 radical (unpaired) electrons. The van der Waals surface area contributed by atoms with E-state index >= 15 is 0 Å². The Morgan fingerprint density at radius 2 is 1.44 bits per heavy atom. The number of ether oxygens (including phenoxy) is 2. The molecule has 0 amide bonds. The summed E-state index contributed by atoms with van der Waals surface area (Å²) in [7, 11) is 0. The Hall–Kier alpha value is -1.67. The summed E-state index contributed by atoms with van der Waals surface area (Å²) in [6, 6.07) is -0.656. The highest BCUT2D eigenvalue weighted by Gasteiger charge is 2.38. The fourth-order valence-electron chi connectivity index (χ4n) is 4.35. The van der Waals surface area contributed by atoms with Crippen LogP contribution in [0.1, 0.15) is 110 Å². The summed E-state index contributed by atoms with van der Waals surface area (Å²) < 4.78 is 10.7. The maximum atomic E-state index is 11.9. The minimum Gasteiger partial charge on any atom is -0.480 e. The molecule has 0 aliphatic carbocycles. The van der Waals surface area contributed by atoms with Gasteiger partial charge in [0.25, 0.3) is 0 Å². The third-order valence-electron chi connectivity index (χ3n) is 6.32. The van der Waals surface area contributed by atoms with Gasteiger partial charge in [0.15, 0.2) is 0 Å². The molecule has 1 fully saturated rings. The van der Waals surface area contributed by atoms with Crippen molar-refractivity contribution in [2.24, 2.45) is 0 Å². The van der Waals surface area contributed by atoms with Crippen LogP contribution in [0.15, 0.2) is 0 Å². The van der Waals surface area contributed by atoms with Crippen molar-refractivity contribution in [3.05, 3.63) is 0 Å². The first kappa shape index (κ1) is 30.4. The van der Waals surface area contributed by atoms with Gasteiger partial charge in [0.2, 0.25) is 0 Å². The Kier molecular flexibility index (Phi) is 17.5. The highest BCUT2D eigenvalue weighted by molar-refractivity contribution is 5.74. The van der Waals surface area contributed by atoms with Crippen molar-refractivity contribution in [2.75, 3.05) is 26.3 Å². The predicted molar refractivity (Wildman–Crippen MR) is 130 cm³/mol. The molecule has 8 nitrogen and oxygen atoms in total. The van der Waals surface area contributed by atoms with Gasteiger partial charge < -0.3 is 19.7 Å². The summed E-state index contributed by atoms with van der Waals surface area (Å²) in [4.78, 5) is 37.0. The number of nitrogens with zero attached hydrogens (tertiary/aromatic N) is 1. The Balaban J connectivity index is 2.06. The molecule has 0 saturated carbocycles. The number of carboxylic acids is 1. The molecular formula is C26H47NO7. The lowest BCUT2D eigenvalue weighted by molar-refractivity contribution is -0.149. The Morgan fingerprint density at radius 3 is 2.09 bits per heavy atom. The van der Waals surface area contributed by atoms with E-state index in [1.807, 2.05) is 4.90 Å². The molecule has 0 aromatic heterocycles. The molecule has 1 saturated heterocycles. The first-order chi connectivity index (χ1) is 16.5. The average molecular weight is 486 g/mol. The zero-order valence-electron chi connectivity index (χ0n) is 21.2. The fraction of sp³-hybridized carbons (Fsp3) is 0.885. The van der Waals surface area contributed by atoms with Crippen LogP contribution in [-0.2, 0) is 23.9 Å². The lowest BCUT2D eigenvalue weighted by Gasteiger charge is -2.20. The van der Waals surface area contributed by atoms with Crippen LogP contribution in [0.3, 0.4) is 0 Å². The predicted octanol–water partition coefficient (Wildman–Crippen LogP) is 4.46. The molecule has 2 atom stereocenters. The number of carbonyl (C=O) groups is 3. The van der Waals surface area contributed by atoms with Crippen molar-refractivity contribution in [1.82, 2.24) is 4.90 Å². The van der Waals surface area contributed by atoms with Crippen molar-refractivity contribution in [1.29, 1.82) is 0 Å². The molecule has 1 aliphatic heterocycles. The lowest BCUT2D eigenvalue weighted by atomic mass is 10.1. The van der Waals surface area contributed by atoms with Crippen LogP contribution >= 0.6 is 0 Å². The van der Waals surface area contributed by atoms with Gasteiger partial charge in [-0.2, -0.15) is 0 Å². The first-order valence-electron chi connectivity index (χ1n) is 13.4. The van der Waals surface area contributed by atoms with Gasteiger partial charge in [-0.3, -0.25) is 19.3 Å². The summed E-state index contributed by atoms with van der Waals surface area (Å²) in [5, 5.41) is 18.3. The topological polar surface area (TPSA) is 113 Å². The quantitative estimate of drug-likeness (QED) is 0.181. The van der Waals surface area contributed by atoms with Gasteiger partial charge in [-0.15, -0.1) is 0 Å². The minimum absolute atomic E-state index is 0.0730. The second-order valence-corrected chi connectivity index (χ2v) is 9.38. The van der Waals surface area contributed by atoms with Crippen LogP contribution in [-0.4, -0.2) is 71.5 Å². The number of likely N-dealkylation sites (tertiary alicyclic amines) is 1. The van der Waals surface area contributed by atoms with E-state index in [0.29, 0.717) is 32.5 Å². The van der Waals surface area contributed by atoms with Crippen molar-refractivity contribution in [3.63, 3.8) is 0 Å². The Labute approximate surface area is 205 Å². The average Bonchev–Trinajstić information content (AvgIpc) is 3.21. The largest absolute Gasteiger partial charge is 0.480 e. The van der Waals surface area contributed by atoms with Gasteiger partial charge in [-0.1, -0.05) is 64.7 Å². The fourth-order valence-corrected chi connectivity index (χ4v) is 4.35. The van der Waals surface area contributed by atoms with Crippen molar-refractivity contribution in [2.45, 2.75) is 122 Å². The van der Waals surface area contributed by atoms with Crippen LogP contribution < -0.4 is 0 Å². The van der Waals surface area contributed by atoms with Crippen molar-refractivity contribution in [3.8, 4) is 0 Å². The lowest BCUT2D eigenvalue weighted by Crippen LogP contribution is -2.36. The third kappa shape index (κ3) is 14.6. The Morgan fingerprint density at radius 1 is 0.824 bits per heavy atom. The highest BCUT2D eigenvalue weighted by Crippen LogP contribution is 2.22. The molecular weight excluding hydrogens is 438 g/mol. The first-order valence-corrected chi connectivity index (χ1v) is 13.4. The van der Waals surface area contributed by atoms with E-state index < -0.39 is 24.1 Å². The number of hydrogen-bond donors (Lipinski definition) is 2. The van der Waals surface area contributed by atoms with Crippen molar-refractivity contribution < 1.29 is 34.1 Å². The molecule has 198 valence electrons. The van der Waals surface area contributed by atoms with Crippen LogP contribution in [0, 0.1) is 0 Å². The second kappa shape index (κ2) is 19.6. The minimum atomic E-state index is -0.908. The van der Waals surface area contributed by atoms with Crippen molar-refractivity contribution >= 4 is 17.9 Å². The molecule has 0 bridgehead atoms. The van der Waals surface area contributed by atoms with E-state index in [2.05, 4.69) is 6.92 Å². The van der Waals surface area contributed by atoms with Gasteiger partial charge in [-0.05, 0) is 32.2 Å². The maximum Gasteiger partial charge on any atom is 0.321 e. The standard InChI is InChI=1S/C26H47NO7/c1-2-3-4-5-6-7-8-9-13-19-33-24(29)15-11-10-12-17-27-21-22(20-23(27)26(31)32)34-25(30)16-14-18-28/h22-23,28H,2-21H2,1H3,(H,31,32)/t22?,23-/m0/s1. The van der Waals surface area contributed by atoms with E-state index in [4.69, 9.17) is 14.6 Å². The summed E-state index contributed by atoms with van der Waals surface area (Å²) in [5.74, 6) is -1.46. The maximum absolute atomic E-state index is 11.9. The number of carbonyl (C=O) groups excluding carboxylic acids is 2. The second-order valence-electron chi connectivity index (χ2n) is 9.38. The van der Waals surface area contributed by atoms with Gasteiger partial charge in [0.05, 0.1) is 6.61 Å². The van der Waals surface area contributed by atoms with Crippen LogP contribution in [0.5, 0.6) is 0 Å². The van der Waals surface area contributed by atoms with E-state index in [1.54, 1.807) is 0 Å². The number of esters is 2. The number of unbranched alkanes of at least 4 members (excludes halogenated alkanes) is 10. The zero-order chi connectivity index (χ0) is 25.0. The van der Waals surface area contributed by atoms with Crippen LogP contribution in [0.2, 0.25) is 0 Å². The summed E-state index contributed by atoms with van der Waals surface area (Å²) >= 11 is 0. The molecule has 0 spiro atoms. The Bertz CT molecular complexity index is 569. The molecule has 0 aromatic rings. The molecule has 1 unspecified atom stereocenters. The van der Waals surface area contributed by atoms with Gasteiger partial charge in [-0.25, -0.2) is 0 Å². The zero-order valence-corrected chi connectivity index (χ0v) is 21.2. The summed E-state index contributed by atoms with van der Waals surface area (Å²) in [5.41, 5.74) is 0. The normalized spacial score (nSPS) is 18.2. The number of carboxylic acid groups (broad SMARTS) is 1. The molecule has 34 heavy (non-hydrogen) atoms. The third-order valence-corrected chi connectivity index (χ3v) is 6.32. The van der Waals surface area contributed by atoms with Crippen LogP contribution in [0.4, 0.5) is 0 Å². The molecule has 1 aliphatic rings. The smallest absolute Gasteiger partial charge is 0.321 e. The molecule has 1 rings (SSSR count). The van der Waals surface area contributed by atoms with E-state index in [9.17, 15) is 19.5 Å². The SMILES string of the molecule is CCCCCCCCCCCOC(=O)CCCCCN1CC(OC(=O)CCCO)C[C@H]1C(=O)O. The number of aliphatic carboxylic acids is 1. The van der Waals surface area contributed by atoms with Crippen LogP contribution in [0.25, 0.3) is 0 Å². The van der Waals surface area contributed by atoms with E-state index in [1.165, 1.54) is 44.9 Å². The van der Waals surface area contributed by atoms with Gasteiger partial charge in [0, 0.05) is 32.4 Å². The molecule has 1 heterocycles. The molecule has 0 aromatic carbocycles. The van der Waals surface area contributed by atoms with E-state index in [0.717, 1.165) is 32.1 Å². The monoisotopic (exact) mass is 485 g/mol. The highest BCUT2D eigenvalue weighted by atomic mass is 16.5.